The number of hydrogen-bond donors (Lipinski definition) is 0. The maximum absolute atomic E-state index is 6.47. The summed E-state index contributed by atoms with van der Waals surface area (Å²) in [5.41, 5.74) is 20.8. The minimum absolute atomic E-state index is 0.608. The fourth-order valence-electron chi connectivity index (χ4n) is 8.53. The van der Waals surface area contributed by atoms with Crippen molar-refractivity contribution >= 4 is 88.5 Å². The second kappa shape index (κ2) is 15.2. The highest BCUT2D eigenvalue weighted by Gasteiger charge is 2.17. The zero-order valence-electron chi connectivity index (χ0n) is 34.4. The van der Waals surface area contributed by atoms with Crippen LogP contribution in [-0.2, 0) is 0 Å². The molecule has 4 nitrogen and oxygen atoms in total. The van der Waals surface area contributed by atoms with Crippen molar-refractivity contribution in [3.63, 3.8) is 0 Å². The van der Waals surface area contributed by atoms with Crippen molar-refractivity contribution in [3.05, 3.63) is 170 Å². The van der Waals surface area contributed by atoms with E-state index in [9.17, 15) is 0 Å². The van der Waals surface area contributed by atoms with Crippen LogP contribution in [0.4, 0.5) is 0 Å². The smallest absolute Gasteiger partial charge is 0.164 e. The van der Waals surface area contributed by atoms with Gasteiger partial charge in [0.2, 0.25) is 0 Å². The van der Waals surface area contributed by atoms with E-state index in [1.54, 1.807) is 0 Å². The molecular formula is C51H38B5N3O. The Morgan fingerprint density at radius 1 is 0.283 bits per heavy atom. The van der Waals surface area contributed by atoms with Gasteiger partial charge in [0.05, 0.1) is 0 Å². The van der Waals surface area contributed by atoms with Crippen LogP contribution in [0.25, 0.3) is 101 Å². The van der Waals surface area contributed by atoms with Crippen LogP contribution in [0, 0.1) is 0 Å². The molecule has 0 unspecified atom stereocenters. The Morgan fingerprint density at radius 3 is 1.32 bits per heavy atom. The van der Waals surface area contributed by atoms with E-state index in [2.05, 4.69) is 161 Å². The van der Waals surface area contributed by atoms with Crippen molar-refractivity contribution in [2.45, 2.75) is 0 Å². The van der Waals surface area contributed by atoms with Gasteiger partial charge in [-0.3, -0.25) is 0 Å². The normalized spacial score (nSPS) is 11.3. The molecule has 0 aliphatic carbocycles. The van der Waals surface area contributed by atoms with Crippen LogP contribution in [0.3, 0.4) is 0 Å². The molecule has 10 aromatic rings. The van der Waals surface area contributed by atoms with Crippen LogP contribution in [-0.4, -0.2) is 54.2 Å². The van der Waals surface area contributed by atoms with Gasteiger partial charge in [-0.15, -0.1) is 16.4 Å². The quantitative estimate of drug-likeness (QED) is 0.221. The molecule has 60 heavy (non-hydrogen) atoms. The first-order chi connectivity index (χ1) is 29.3. The third kappa shape index (κ3) is 6.76. The molecule has 0 aliphatic heterocycles. The predicted octanol–water partition coefficient (Wildman–Crippen LogP) is 4.73. The summed E-state index contributed by atoms with van der Waals surface area (Å²) in [6.07, 6.45) is 0. The molecule has 2 aromatic heterocycles. The van der Waals surface area contributed by atoms with Crippen LogP contribution in [0.1, 0.15) is 0 Å². The molecule has 0 radical (unpaired) electrons. The van der Waals surface area contributed by atoms with Crippen molar-refractivity contribution in [2.75, 3.05) is 0 Å². The van der Waals surface area contributed by atoms with E-state index >= 15 is 0 Å². The molecule has 10 rings (SSSR count). The largest absolute Gasteiger partial charge is 0.456 e. The number of rotatable bonds is 7. The Hall–Kier alpha value is -7.11. The Morgan fingerprint density at radius 2 is 0.700 bits per heavy atom. The van der Waals surface area contributed by atoms with Gasteiger partial charge in [0, 0.05) is 27.5 Å². The van der Waals surface area contributed by atoms with Crippen LogP contribution in [0.5, 0.6) is 0 Å². The maximum atomic E-state index is 6.47. The molecule has 0 fully saturated rings. The lowest BCUT2D eigenvalue weighted by Crippen LogP contribution is -2.55. The van der Waals surface area contributed by atoms with Crippen molar-refractivity contribution in [1.82, 2.24) is 15.0 Å². The number of fused-ring (bicyclic) bond motifs is 3. The molecule has 0 spiro atoms. The fraction of sp³-hybridized carbons (Fsp3) is 0. The first kappa shape index (κ1) is 37.2. The average Bonchev–Trinajstić information content (AvgIpc) is 3.68. The van der Waals surface area contributed by atoms with Crippen molar-refractivity contribution in [1.29, 1.82) is 0 Å². The monoisotopic (exact) mass is 763 g/mol. The summed E-state index contributed by atoms with van der Waals surface area (Å²) in [5, 5.41) is 2.06. The molecule has 0 aliphatic rings. The van der Waals surface area contributed by atoms with Gasteiger partial charge in [-0.2, -0.15) is 0 Å². The standard InChI is InChI=1S/C51H38B5N3O/c52-44-43(45(53)47(55)48(56)46(44)54)33-20-18-31(19-21-33)30-14-16-32(17-15-30)36-22-24-39-40-27-38(23-25-41(40)60-42(39)28-36)51-58-49(34-10-5-2-6-11-34)57-50(59-51)37-13-7-12-35(26-37)29-8-3-1-4-9-29/h1-28H,52-56H2. The fourth-order valence-corrected chi connectivity index (χ4v) is 8.53. The molecule has 0 saturated heterocycles. The molecule has 278 valence electrons. The Kier molecular flexibility index (Phi) is 9.45. The predicted molar refractivity (Wildman–Crippen MR) is 266 cm³/mol. The summed E-state index contributed by atoms with van der Waals surface area (Å²) < 4.78 is 6.47. The summed E-state index contributed by atoms with van der Waals surface area (Å²) in [6.45, 7) is 0. The Bertz CT molecular complexity index is 3210. The molecule has 0 atom stereocenters. The molecule has 0 saturated carbocycles. The van der Waals surface area contributed by atoms with E-state index in [4.69, 9.17) is 19.4 Å². The van der Waals surface area contributed by atoms with Gasteiger partial charge in [0.25, 0.3) is 0 Å². The summed E-state index contributed by atoms with van der Waals surface area (Å²) in [5.74, 6) is 1.86. The van der Waals surface area contributed by atoms with Gasteiger partial charge in [-0.1, -0.05) is 144 Å². The maximum Gasteiger partial charge on any atom is 0.164 e. The van der Waals surface area contributed by atoms with Gasteiger partial charge in [-0.05, 0) is 80.9 Å². The third-order valence-electron chi connectivity index (χ3n) is 12.3. The highest BCUT2D eigenvalue weighted by atomic mass is 16.3. The van der Waals surface area contributed by atoms with Gasteiger partial charge in [-0.25, -0.2) is 15.0 Å². The van der Waals surface area contributed by atoms with Crippen LogP contribution >= 0.6 is 0 Å². The van der Waals surface area contributed by atoms with E-state index in [1.807, 2.05) is 48.5 Å². The minimum atomic E-state index is 0.608. The van der Waals surface area contributed by atoms with E-state index in [1.165, 1.54) is 49.6 Å². The van der Waals surface area contributed by atoms with Crippen molar-refractivity contribution < 1.29 is 4.42 Å². The van der Waals surface area contributed by atoms with E-state index in [-0.39, 0.29) is 0 Å². The summed E-state index contributed by atoms with van der Waals surface area (Å²) >= 11 is 0. The van der Waals surface area contributed by atoms with Crippen molar-refractivity contribution in [2.24, 2.45) is 0 Å². The molecule has 2 heterocycles. The second-order valence-corrected chi connectivity index (χ2v) is 15.8. The van der Waals surface area contributed by atoms with Crippen LogP contribution < -0.4 is 27.3 Å². The van der Waals surface area contributed by atoms with Crippen molar-refractivity contribution in [3.8, 4) is 78.7 Å². The number of hydrogen-bond acceptors (Lipinski definition) is 4. The Labute approximate surface area is 354 Å². The van der Waals surface area contributed by atoms with E-state index < -0.39 is 0 Å². The van der Waals surface area contributed by atoms with Crippen LogP contribution in [0.15, 0.2) is 174 Å². The second-order valence-electron chi connectivity index (χ2n) is 15.8. The number of furan rings is 1. The zero-order valence-corrected chi connectivity index (χ0v) is 34.4. The van der Waals surface area contributed by atoms with Crippen LogP contribution in [0.2, 0.25) is 0 Å². The van der Waals surface area contributed by atoms with Gasteiger partial charge in [0.1, 0.15) is 50.4 Å². The average molecular weight is 763 g/mol. The first-order valence-electron chi connectivity index (χ1n) is 20.5. The number of aromatic nitrogens is 3. The zero-order chi connectivity index (χ0) is 40.9. The lowest BCUT2D eigenvalue weighted by Gasteiger charge is -2.20. The molecule has 0 amide bonds. The first-order valence-corrected chi connectivity index (χ1v) is 20.5. The molecule has 0 bridgehead atoms. The van der Waals surface area contributed by atoms with E-state index in [0.717, 1.165) is 60.9 Å². The molecule has 8 aromatic carbocycles. The summed E-state index contributed by atoms with van der Waals surface area (Å²) in [7, 11) is 11.2. The number of benzene rings is 8. The van der Waals surface area contributed by atoms with Gasteiger partial charge in [0.15, 0.2) is 17.5 Å². The number of nitrogens with zero attached hydrogens (tertiary/aromatic N) is 3. The topological polar surface area (TPSA) is 51.8 Å². The Balaban J connectivity index is 0.959. The van der Waals surface area contributed by atoms with Gasteiger partial charge >= 0.3 is 0 Å². The van der Waals surface area contributed by atoms with E-state index in [0.29, 0.717) is 17.5 Å². The highest BCUT2D eigenvalue weighted by molar-refractivity contribution is 6.68. The van der Waals surface area contributed by atoms with Gasteiger partial charge < -0.3 is 4.42 Å². The summed E-state index contributed by atoms with van der Waals surface area (Å²) in [4.78, 5) is 15.1. The minimum Gasteiger partial charge on any atom is -0.456 e. The lowest BCUT2D eigenvalue weighted by atomic mass is 9.59. The molecule has 0 N–H and O–H groups in total. The third-order valence-corrected chi connectivity index (χ3v) is 12.3. The lowest BCUT2D eigenvalue weighted by molar-refractivity contribution is 0.669. The summed E-state index contributed by atoms with van der Waals surface area (Å²) in [6, 6.07) is 59.4. The SMILES string of the molecule is Bc1c(B)c(B)c(-c2ccc(-c3ccc(-c4ccc5c(c4)oc4ccc(-c6nc(-c7ccccc7)nc(-c7cccc(-c8ccccc8)c7)n6)cc45)cc3)cc2)c(B)c1B. The molecule has 9 heteroatoms. The highest BCUT2D eigenvalue weighted by Crippen LogP contribution is 2.36. The molecular weight excluding hydrogens is 725 g/mol.